The van der Waals surface area contributed by atoms with Gasteiger partial charge in [-0.15, -0.1) is 0 Å². The Morgan fingerprint density at radius 2 is 1.14 bits per heavy atom. The maximum absolute atomic E-state index is 12.9. The molecule has 0 spiro atoms. The number of carbonyl (C=O) groups is 2. The average Bonchev–Trinajstić information content (AvgIpc) is 3.03. The van der Waals surface area contributed by atoms with Crippen molar-refractivity contribution in [2.45, 2.75) is 25.0 Å². The quantitative estimate of drug-likeness (QED) is 0.267. The zero-order chi connectivity index (χ0) is 25.8. The number of hydrogen-bond acceptors (Lipinski definition) is 6. The van der Waals surface area contributed by atoms with Gasteiger partial charge in [0.15, 0.2) is 0 Å². The molecule has 0 bridgehead atoms. The van der Waals surface area contributed by atoms with Crippen LogP contribution in [-0.2, 0) is 13.1 Å². The van der Waals surface area contributed by atoms with Gasteiger partial charge in [-0.1, -0.05) is 72.8 Å². The number of nitro groups is 1. The number of rotatable bonds is 8. The number of carbonyl (C=O) groups excluding carboxylic acids is 2. The van der Waals surface area contributed by atoms with Crippen molar-refractivity contribution < 1.29 is 14.5 Å². The molecule has 0 aromatic heterocycles. The van der Waals surface area contributed by atoms with Gasteiger partial charge in [-0.3, -0.25) is 34.4 Å². The van der Waals surface area contributed by atoms with Crippen LogP contribution in [-0.4, -0.2) is 69.7 Å². The lowest BCUT2D eigenvalue weighted by molar-refractivity contribution is -0.571. The molecule has 0 aliphatic carbocycles. The van der Waals surface area contributed by atoms with Gasteiger partial charge in [-0.25, -0.2) is 0 Å². The van der Waals surface area contributed by atoms with Crippen molar-refractivity contribution >= 4 is 11.8 Å². The summed E-state index contributed by atoms with van der Waals surface area (Å²) in [5.74, 6) is -0.759. The van der Waals surface area contributed by atoms with Crippen LogP contribution in [0.5, 0.6) is 0 Å². The average molecular weight is 499 g/mol. The predicted molar refractivity (Wildman–Crippen MR) is 140 cm³/mol. The molecule has 0 N–H and O–H groups in total. The molecule has 3 aromatic rings. The monoisotopic (exact) mass is 498 g/mol. The molecule has 5 rings (SSSR count). The van der Waals surface area contributed by atoms with Crippen LogP contribution in [0.25, 0.3) is 0 Å². The molecule has 37 heavy (non-hydrogen) atoms. The molecule has 190 valence electrons. The highest BCUT2D eigenvalue weighted by Gasteiger charge is 2.49. The molecule has 0 radical (unpaired) electrons. The molecule has 1 saturated heterocycles. The number of hydrogen-bond donors (Lipinski definition) is 0. The van der Waals surface area contributed by atoms with E-state index in [0.717, 1.165) is 11.1 Å². The fourth-order valence-electron chi connectivity index (χ4n) is 5.40. The van der Waals surface area contributed by atoms with Crippen LogP contribution in [0.2, 0.25) is 0 Å². The Morgan fingerprint density at radius 3 is 1.57 bits per heavy atom. The van der Waals surface area contributed by atoms with Crippen molar-refractivity contribution in [2.24, 2.45) is 0 Å². The number of amides is 2. The van der Waals surface area contributed by atoms with E-state index in [4.69, 9.17) is 0 Å². The Kier molecular flexibility index (Phi) is 7.12. The van der Waals surface area contributed by atoms with Gasteiger partial charge in [0.2, 0.25) is 5.54 Å². The predicted octanol–water partition coefficient (Wildman–Crippen LogP) is 3.71. The lowest BCUT2D eigenvalue weighted by Crippen LogP contribution is -2.54. The van der Waals surface area contributed by atoms with Crippen molar-refractivity contribution in [3.05, 3.63) is 117 Å². The normalized spacial score (nSPS) is 18.0. The van der Waals surface area contributed by atoms with E-state index in [2.05, 4.69) is 9.80 Å². The first kappa shape index (κ1) is 24.8. The zero-order valence-electron chi connectivity index (χ0n) is 20.7. The number of imide groups is 1. The highest BCUT2D eigenvalue weighted by molar-refractivity contribution is 6.21. The molecule has 3 aromatic carbocycles. The third-order valence-electron chi connectivity index (χ3n) is 7.33. The SMILES string of the molecule is O=C1c2ccccc2C(=O)N1CCC1([N+](=O)[O-])CN(Cc2ccccc2)CCN(Cc2ccccc2)C1. The van der Waals surface area contributed by atoms with Gasteiger partial charge in [0, 0.05) is 44.1 Å². The third kappa shape index (κ3) is 5.30. The minimum absolute atomic E-state index is 0.00564. The van der Waals surface area contributed by atoms with Crippen molar-refractivity contribution in [3.63, 3.8) is 0 Å². The number of benzene rings is 3. The van der Waals surface area contributed by atoms with Gasteiger partial charge >= 0.3 is 0 Å². The largest absolute Gasteiger partial charge is 0.291 e. The maximum Gasteiger partial charge on any atom is 0.261 e. The molecule has 8 heteroatoms. The zero-order valence-corrected chi connectivity index (χ0v) is 20.7. The second-order valence-corrected chi connectivity index (χ2v) is 9.93. The Balaban J connectivity index is 1.40. The second-order valence-electron chi connectivity index (χ2n) is 9.93. The standard InChI is InChI=1S/C29H30N4O4/c34-27-25-13-7-8-14-26(25)28(35)32(27)16-15-29(33(36)37)21-30(19-23-9-3-1-4-10-23)17-18-31(22-29)20-24-11-5-2-6-12-24/h1-14H,15-22H2. The molecule has 2 amide bonds. The van der Waals surface area contributed by atoms with Gasteiger partial charge in [-0.2, -0.15) is 0 Å². The molecule has 0 atom stereocenters. The summed E-state index contributed by atoms with van der Waals surface area (Å²) in [6, 6.07) is 26.6. The molecular formula is C29H30N4O4. The highest BCUT2D eigenvalue weighted by atomic mass is 16.6. The lowest BCUT2D eigenvalue weighted by atomic mass is 9.93. The molecule has 8 nitrogen and oxygen atoms in total. The first-order valence-corrected chi connectivity index (χ1v) is 12.6. The summed E-state index contributed by atoms with van der Waals surface area (Å²) >= 11 is 0. The Bertz CT molecular complexity index is 1190. The van der Waals surface area contributed by atoms with E-state index in [1.54, 1.807) is 24.3 Å². The second kappa shape index (κ2) is 10.6. The van der Waals surface area contributed by atoms with Gasteiger partial charge < -0.3 is 0 Å². The van der Waals surface area contributed by atoms with Gasteiger partial charge in [0.1, 0.15) is 0 Å². The van der Waals surface area contributed by atoms with Crippen LogP contribution in [0.1, 0.15) is 38.3 Å². The van der Waals surface area contributed by atoms with Crippen LogP contribution < -0.4 is 0 Å². The van der Waals surface area contributed by atoms with E-state index in [1.165, 1.54) is 4.90 Å². The number of nitrogens with zero attached hydrogens (tertiary/aromatic N) is 4. The molecule has 2 aliphatic rings. The van der Waals surface area contributed by atoms with Crippen LogP contribution in [0.4, 0.5) is 0 Å². The van der Waals surface area contributed by atoms with E-state index in [-0.39, 0.29) is 42.8 Å². The van der Waals surface area contributed by atoms with E-state index in [9.17, 15) is 19.7 Å². The van der Waals surface area contributed by atoms with E-state index in [1.807, 2.05) is 60.7 Å². The van der Waals surface area contributed by atoms with Crippen molar-refractivity contribution in [1.29, 1.82) is 0 Å². The summed E-state index contributed by atoms with van der Waals surface area (Å²) in [7, 11) is 0. The fourth-order valence-corrected chi connectivity index (χ4v) is 5.40. The maximum atomic E-state index is 12.9. The molecule has 2 heterocycles. The van der Waals surface area contributed by atoms with Gasteiger partial charge in [0.05, 0.1) is 24.2 Å². The van der Waals surface area contributed by atoms with Crippen LogP contribution in [0.3, 0.4) is 0 Å². The summed E-state index contributed by atoms with van der Waals surface area (Å²) in [6.07, 6.45) is 0.0854. The van der Waals surface area contributed by atoms with Gasteiger partial charge in [0.25, 0.3) is 11.8 Å². The van der Waals surface area contributed by atoms with Crippen LogP contribution in [0.15, 0.2) is 84.9 Å². The van der Waals surface area contributed by atoms with Crippen LogP contribution >= 0.6 is 0 Å². The minimum Gasteiger partial charge on any atom is -0.291 e. The number of fused-ring (bicyclic) bond motifs is 1. The summed E-state index contributed by atoms with van der Waals surface area (Å²) in [5.41, 5.74) is 1.57. The van der Waals surface area contributed by atoms with E-state index >= 15 is 0 Å². The topological polar surface area (TPSA) is 87.0 Å². The summed E-state index contributed by atoms with van der Waals surface area (Å²) in [4.78, 5) is 43.9. The van der Waals surface area contributed by atoms with E-state index in [0.29, 0.717) is 37.3 Å². The molecular weight excluding hydrogens is 468 g/mol. The van der Waals surface area contributed by atoms with Crippen LogP contribution in [0, 0.1) is 10.1 Å². The van der Waals surface area contributed by atoms with E-state index < -0.39 is 5.54 Å². The first-order chi connectivity index (χ1) is 17.9. The molecule has 1 fully saturated rings. The van der Waals surface area contributed by atoms with Gasteiger partial charge in [-0.05, 0) is 23.3 Å². The summed E-state index contributed by atoms with van der Waals surface area (Å²) in [5, 5.41) is 12.8. The molecule has 2 aliphatic heterocycles. The minimum atomic E-state index is -1.34. The molecule has 0 saturated carbocycles. The third-order valence-corrected chi connectivity index (χ3v) is 7.33. The highest BCUT2D eigenvalue weighted by Crippen LogP contribution is 2.28. The summed E-state index contributed by atoms with van der Waals surface area (Å²) in [6.45, 7) is 3.05. The van der Waals surface area contributed by atoms with Crippen molar-refractivity contribution in [3.8, 4) is 0 Å². The van der Waals surface area contributed by atoms with Crippen molar-refractivity contribution in [1.82, 2.24) is 14.7 Å². The Morgan fingerprint density at radius 1 is 0.703 bits per heavy atom. The fraction of sp³-hybridized carbons (Fsp3) is 0.310. The first-order valence-electron chi connectivity index (χ1n) is 12.6. The molecule has 0 unspecified atom stereocenters. The Labute approximate surface area is 216 Å². The lowest BCUT2D eigenvalue weighted by Gasteiger charge is -2.31. The summed E-state index contributed by atoms with van der Waals surface area (Å²) < 4.78 is 0. The Hall–Kier alpha value is -3.88. The van der Waals surface area contributed by atoms with Crippen molar-refractivity contribution in [2.75, 3.05) is 32.7 Å². The smallest absolute Gasteiger partial charge is 0.261 e.